The average molecular weight is 391 g/mol. The van der Waals surface area contributed by atoms with Crippen molar-refractivity contribution < 1.29 is 23.9 Å². The van der Waals surface area contributed by atoms with Crippen LogP contribution in [0.1, 0.15) is 42.5 Å². The number of carbonyl (C=O) groups excluding carboxylic acids is 3. The molecular weight excluding hydrogens is 362 g/mol. The van der Waals surface area contributed by atoms with Crippen molar-refractivity contribution in [3.05, 3.63) is 29.8 Å². The number of rotatable bonds is 9. The topological polar surface area (TPSA) is 120 Å². The van der Waals surface area contributed by atoms with Gasteiger partial charge < -0.3 is 25.8 Å². The van der Waals surface area contributed by atoms with Crippen LogP contribution in [0.15, 0.2) is 24.3 Å². The van der Waals surface area contributed by atoms with Crippen molar-refractivity contribution in [2.45, 2.75) is 44.2 Å². The van der Waals surface area contributed by atoms with Crippen LogP contribution in [0.25, 0.3) is 0 Å². The Kier molecular flexibility index (Phi) is 8.25. The van der Waals surface area contributed by atoms with E-state index in [1.165, 1.54) is 14.2 Å². The van der Waals surface area contributed by atoms with Gasteiger partial charge in [0.1, 0.15) is 11.8 Å². The van der Waals surface area contributed by atoms with Crippen LogP contribution in [-0.2, 0) is 14.3 Å². The fourth-order valence-electron chi connectivity index (χ4n) is 3.45. The van der Waals surface area contributed by atoms with Crippen molar-refractivity contribution in [1.29, 1.82) is 0 Å². The highest BCUT2D eigenvalue weighted by Gasteiger charge is 2.36. The van der Waals surface area contributed by atoms with Crippen LogP contribution in [0.2, 0.25) is 0 Å². The van der Waals surface area contributed by atoms with E-state index in [2.05, 4.69) is 10.6 Å². The summed E-state index contributed by atoms with van der Waals surface area (Å²) in [5, 5.41) is 5.69. The second kappa shape index (κ2) is 10.7. The second-order valence-electron chi connectivity index (χ2n) is 6.86. The van der Waals surface area contributed by atoms with Gasteiger partial charge in [0.2, 0.25) is 5.91 Å². The van der Waals surface area contributed by atoms with Gasteiger partial charge in [-0.2, -0.15) is 0 Å². The first-order valence-corrected chi connectivity index (χ1v) is 9.53. The molecule has 8 heteroatoms. The lowest BCUT2D eigenvalue weighted by molar-refractivity contribution is -0.146. The minimum absolute atomic E-state index is 0.283. The summed E-state index contributed by atoms with van der Waals surface area (Å²) in [6, 6.07) is 5.69. The normalized spacial score (nSPS) is 19.5. The molecule has 0 saturated heterocycles. The van der Waals surface area contributed by atoms with E-state index in [0.717, 1.165) is 6.42 Å². The molecule has 4 N–H and O–H groups in total. The SMILES string of the molecule is COC(=O)[C@@H]1CCC[C@@H]1NC(=O)[C@H](CCCN)NC(=O)c1cccc(OC)c1. The molecule has 1 aliphatic carbocycles. The molecule has 0 heterocycles. The Hall–Kier alpha value is -2.61. The van der Waals surface area contributed by atoms with Gasteiger partial charge in [0.25, 0.3) is 5.91 Å². The molecule has 1 aliphatic rings. The summed E-state index contributed by atoms with van der Waals surface area (Å²) in [6.07, 6.45) is 3.23. The van der Waals surface area contributed by atoms with Crippen LogP contribution < -0.4 is 21.1 Å². The van der Waals surface area contributed by atoms with Crippen molar-refractivity contribution in [3.63, 3.8) is 0 Å². The summed E-state index contributed by atoms with van der Waals surface area (Å²) >= 11 is 0. The summed E-state index contributed by atoms with van der Waals surface area (Å²) in [6.45, 7) is 0.410. The van der Waals surface area contributed by atoms with Gasteiger partial charge in [-0.1, -0.05) is 12.5 Å². The maximum Gasteiger partial charge on any atom is 0.310 e. The molecule has 0 radical (unpaired) electrons. The molecule has 2 rings (SSSR count). The minimum Gasteiger partial charge on any atom is -0.497 e. The van der Waals surface area contributed by atoms with E-state index in [1.807, 2.05) is 0 Å². The van der Waals surface area contributed by atoms with Crippen molar-refractivity contribution in [2.75, 3.05) is 20.8 Å². The molecule has 0 aromatic heterocycles. The zero-order valence-corrected chi connectivity index (χ0v) is 16.4. The lowest BCUT2D eigenvalue weighted by atomic mass is 10.0. The number of hydrogen-bond donors (Lipinski definition) is 3. The van der Waals surface area contributed by atoms with E-state index in [-0.39, 0.29) is 29.7 Å². The monoisotopic (exact) mass is 391 g/mol. The lowest BCUT2D eigenvalue weighted by Crippen LogP contribution is -2.51. The quantitative estimate of drug-likeness (QED) is 0.540. The highest BCUT2D eigenvalue weighted by atomic mass is 16.5. The van der Waals surface area contributed by atoms with E-state index in [0.29, 0.717) is 43.5 Å². The predicted molar refractivity (Wildman–Crippen MR) is 104 cm³/mol. The van der Waals surface area contributed by atoms with Gasteiger partial charge in [-0.05, 0) is 50.4 Å². The summed E-state index contributed by atoms with van der Waals surface area (Å²) in [7, 11) is 2.87. The maximum absolute atomic E-state index is 12.8. The lowest BCUT2D eigenvalue weighted by Gasteiger charge is -2.24. The first-order valence-electron chi connectivity index (χ1n) is 9.53. The number of carbonyl (C=O) groups is 3. The number of hydrogen-bond acceptors (Lipinski definition) is 6. The molecule has 1 aromatic carbocycles. The number of esters is 1. The molecule has 0 aliphatic heterocycles. The summed E-state index contributed by atoms with van der Waals surface area (Å²) < 4.78 is 9.96. The smallest absolute Gasteiger partial charge is 0.310 e. The Morgan fingerprint density at radius 2 is 2.04 bits per heavy atom. The van der Waals surface area contributed by atoms with Gasteiger partial charge in [-0.3, -0.25) is 14.4 Å². The van der Waals surface area contributed by atoms with Crippen molar-refractivity contribution in [3.8, 4) is 5.75 Å². The van der Waals surface area contributed by atoms with Crippen LogP contribution in [0.4, 0.5) is 0 Å². The fraction of sp³-hybridized carbons (Fsp3) is 0.550. The third kappa shape index (κ3) is 5.69. The van der Waals surface area contributed by atoms with E-state index in [1.54, 1.807) is 24.3 Å². The Morgan fingerprint density at radius 3 is 2.71 bits per heavy atom. The molecule has 2 amide bonds. The average Bonchev–Trinajstić information content (AvgIpc) is 3.18. The van der Waals surface area contributed by atoms with Gasteiger partial charge in [-0.25, -0.2) is 0 Å². The minimum atomic E-state index is -0.735. The molecule has 3 atom stereocenters. The Labute approximate surface area is 165 Å². The van der Waals surface area contributed by atoms with Crippen LogP contribution in [0.3, 0.4) is 0 Å². The summed E-state index contributed by atoms with van der Waals surface area (Å²) in [5.41, 5.74) is 5.98. The third-order valence-corrected chi connectivity index (χ3v) is 5.00. The first kappa shape index (κ1) is 21.7. The van der Waals surface area contributed by atoms with Gasteiger partial charge in [0.05, 0.1) is 20.1 Å². The highest BCUT2D eigenvalue weighted by molar-refractivity contribution is 5.98. The number of ether oxygens (including phenoxy) is 2. The van der Waals surface area contributed by atoms with Gasteiger partial charge in [0, 0.05) is 11.6 Å². The van der Waals surface area contributed by atoms with Gasteiger partial charge >= 0.3 is 5.97 Å². The Balaban J connectivity index is 2.05. The van der Waals surface area contributed by atoms with Gasteiger partial charge in [-0.15, -0.1) is 0 Å². The number of methoxy groups -OCH3 is 2. The second-order valence-corrected chi connectivity index (χ2v) is 6.86. The number of amides is 2. The molecule has 0 unspecified atom stereocenters. The molecule has 1 aromatic rings. The number of nitrogens with one attached hydrogen (secondary N) is 2. The Morgan fingerprint density at radius 1 is 1.25 bits per heavy atom. The van der Waals surface area contributed by atoms with Crippen LogP contribution in [-0.4, -0.2) is 50.6 Å². The molecule has 1 fully saturated rings. The van der Waals surface area contributed by atoms with Crippen molar-refractivity contribution >= 4 is 17.8 Å². The number of benzene rings is 1. The van der Waals surface area contributed by atoms with Crippen LogP contribution >= 0.6 is 0 Å². The molecular formula is C20H29N3O5. The fourth-order valence-corrected chi connectivity index (χ4v) is 3.45. The summed E-state index contributed by atoms with van der Waals surface area (Å²) in [5.74, 6) is -0.792. The molecule has 0 bridgehead atoms. The zero-order valence-electron chi connectivity index (χ0n) is 16.4. The largest absolute Gasteiger partial charge is 0.497 e. The highest BCUT2D eigenvalue weighted by Crippen LogP contribution is 2.27. The Bertz CT molecular complexity index is 694. The van der Waals surface area contributed by atoms with E-state index >= 15 is 0 Å². The third-order valence-electron chi connectivity index (χ3n) is 5.00. The maximum atomic E-state index is 12.8. The predicted octanol–water partition coefficient (Wildman–Crippen LogP) is 0.990. The molecule has 0 spiro atoms. The van der Waals surface area contributed by atoms with Crippen molar-refractivity contribution in [1.82, 2.24) is 10.6 Å². The molecule has 154 valence electrons. The van der Waals surface area contributed by atoms with Crippen molar-refractivity contribution in [2.24, 2.45) is 11.7 Å². The summed E-state index contributed by atoms with van der Waals surface area (Å²) in [4.78, 5) is 37.3. The molecule has 8 nitrogen and oxygen atoms in total. The van der Waals surface area contributed by atoms with E-state index in [4.69, 9.17) is 15.2 Å². The number of nitrogens with two attached hydrogens (primary N) is 1. The van der Waals surface area contributed by atoms with Gasteiger partial charge in [0.15, 0.2) is 0 Å². The van der Waals surface area contributed by atoms with E-state index < -0.39 is 6.04 Å². The first-order chi connectivity index (χ1) is 13.5. The standard InChI is InChI=1S/C20H29N3O5/c1-27-14-7-3-6-13(12-14)18(24)23-17(10-5-11-21)19(25)22-16-9-4-8-15(16)20(26)28-2/h3,6-7,12,15-17H,4-5,8-11,21H2,1-2H3,(H,22,25)(H,23,24)/t15-,16+,17+/m1/s1. The molecule has 28 heavy (non-hydrogen) atoms. The van der Waals surface area contributed by atoms with Crippen LogP contribution in [0.5, 0.6) is 5.75 Å². The van der Waals surface area contributed by atoms with E-state index in [9.17, 15) is 14.4 Å². The van der Waals surface area contributed by atoms with Crippen LogP contribution in [0, 0.1) is 5.92 Å². The zero-order chi connectivity index (χ0) is 20.5. The molecule has 1 saturated carbocycles.